The van der Waals surface area contributed by atoms with Gasteiger partial charge in [0.15, 0.2) is 5.69 Å². The molecule has 0 aliphatic carbocycles. The summed E-state index contributed by atoms with van der Waals surface area (Å²) >= 11 is 0. The van der Waals surface area contributed by atoms with Gasteiger partial charge in [-0.25, -0.2) is 0 Å². The Labute approximate surface area is 154 Å². The van der Waals surface area contributed by atoms with Gasteiger partial charge in [0.1, 0.15) is 0 Å². The lowest BCUT2D eigenvalue weighted by Gasteiger charge is -2.30. The van der Waals surface area contributed by atoms with Crippen molar-refractivity contribution in [1.82, 2.24) is 30.5 Å². The molecule has 2 fully saturated rings. The molecule has 2 aliphatic heterocycles. The molecule has 2 N–H and O–H groups in total. The molecule has 1 aromatic rings. The van der Waals surface area contributed by atoms with Gasteiger partial charge in [-0.15, -0.1) is 5.10 Å². The van der Waals surface area contributed by atoms with Gasteiger partial charge in [0.05, 0.1) is 6.20 Å². The molecule has 0 aromatic carbocycles. The Morgan fingerprint density at radius 3 is 2.85 bits per heavy atom. The second kappa shape index (κ2) is 9.12. The zero-order valence-corrected chi connectivity index (χ0v) is 15.6. The van der Waals surface area contributed by atoms with Crippen LogP contribution in [0.2, 0.25) is 0 Å². The molecule has 3 rings (SSSR count). The van der Waals surface area contributed by atoms with Gasteiger partial charge in [-0.3, -0.25) is 14.3 Å². The van der Waals surface area contributed by atoms with Gasteiger partial charge in [-0.05, 0) is 50.6 Å². The molecule has 0 radical (unpaired) electrons. The highest BCUT2D eigenvalue weighted by Gasteiger charge is 2.20. The van der Waals surface area contributed by atoms with Crippen LogP contribution in [0.1, 0.15) is 49.5 Å². The van der Waals surface area contributed by atoms with Crippen LogP contribution in [0.3, 0.4) is 0 Å². The monoisotopic (exact) mass is 362 g/mol. The first-order valence-electron chi connectivity index (χ1n) is 9.78. The van der Waals surface area contributed by atoms with Crippen molar-refractivity contribution in [2.45, 2.75) is 45.6 Å². The Hall–Kier alpha value is -1.96. The number of piperidine rings is 2. The molecule has 1 atom stereocenters. The lowest BCUT2D eigenvalue weighted by atomic mass is 9.99. The van der Waals surface area contributed by atoms with Crippen LogP contribution < -0.4 is 10.6 Å². The number of hydrogen-bond acceptors (Lipinski definition) is 5. The van der Waals surface area contributed by atoms with Gasteiger partial charge in [0.2, 0.25) is 5.91 Å². The second-order valence-electron chi connectivity index (χ2n) is 7.61. The molecule has 0 bridgehead atoms. The summed E-state index contributed by atoms with van der Waals surface area (Å²) in [6.07, 6.45) is 6.51. The fourth-order valence-corrected chi connectivity index (χ4v) is 3.63. The molecule has 1 aromatic heterocycles. The Morgan fingerprint density at radius 2 is 2.12 bits per heavy atom. The van der Waals surface area contributed by atoms with Crippen LogP contribution in [0, 0.1) is 11.8 Å². The number of nitrogens with one attached hydrogen (secondary N) is 2. The molecular weight excluding hydrogens is 332 g/mol. The first kappa shape index (κ1) is 18.8. The minimum Gasteiger partial charge on any atom is -0.350 e. The molecule has 3 heterocycles. The predicted molar refractivity (Wildman–Crippen MR) is 97.5 cm³/mol. The van der Waals surface area contributed by atoms with Crippen LogP contribution in [0.4, 0.5) is 0 Å². The lowest BCUT2D eigenvalue weighted by Crippen LogP contribution is -2.39. The third kappa shape index (κ3) is 5.27. The van der Waals surface area contributed by atoms with E-state index < -0.39 is 0 Å². The van der Waals surface area contributed by atoms with Gasteiger partial charge in [0.25, 0.3) is 5.91 Å². The molecule has 26 heavy (non-hydrogen) atoms. The third-order valence-electron chi connectivity index (χ3n) is 5.38. The standard InChI is InChI=1S/C18H30N6O2/c1-14-5-9-23(10-6-14)17(25)4-8-20-18(26)16-13-24(22-21-16)12-15-3-2-7-19-11-15/h13-15,19H,2-12H2,1H3,(H,20,26)/t15-/m1/s1. The van der Waals surface area contributed by atoms with E-state index in [1.54, 1.807) is 10.9 Å². The molecular formula is C18H30N6O2. The van der Waals surface area contributed by atoms with Gasteiger partial charge in [0, 0.05) is 32.6 Å². The van der Waals surface area contributed by atoms with Gasteiger partial charge in [-0.1, -0.05) is 12.1 Å². The van der Waals surface area contributed by atoms with Gasteiger partial charge < -0.3 is 15.5 Å². The summed E-state index contributed by atoms with van der Waals surface area (Å²) in [5.41, 5.74) is 0.313. The van der Waals surface area contributed by atoms with E-state index in [0.29, 0.717) is 30.5 Å². The molecule has 8 heteroatoms. The van der Waals surface area contributed by atoms with Crippen LogP contribution in [0.15, 0.2) is 6.20 Å². The highest BCUT2D eigenvalue weighted by Crippen LogP contribution is 2.16. The summed E-state index contributed by atoms with van der Waals surface area (Å²) in [7, 11) is 0. The number of amides is 2. The molecule has 0 spiro atoms. The van der Waals surface area contributed by atoms with Crippen molar-refractivity contribution in [2.75, 3.05) is 32.7 Å². The first-order chi connectivity index (χ1) is 12.6. The van der Waals surface area contributed by atoms with E-state index in [1.165, 1.54) is 12.8 Å². The Kier molecular flexibility index (Phi) is 6.60. The molecule has 0 saturated carbocycles. The first-order valence-corrected chi connectivity index (χ1v) is 9.78. The average Bonchev–Trinajstić information content (AvgIpc) is 3.11. The maximum Gasteiger partial charge on any atom is 0.273 e. The largest absolute Gasteiger partial charge is 0.350 e. The van der Waals surface area contributed by atoms with Gasteiger partial charge in [-0.2, -0.15) is 0 Å². The molecule has 2 saturated heterocycles. The third-order valence-corrected chi connectivity index (χ3v) is 5.38. The van der Waals surface area contributed by atoms with Crippen molar-refractivity contribution in [1.29, 1.82) is 0 Å². The average molecular weight is 362 g/mol. The quantitative estimate of drug-likeness (QED) is 0.775. The number of carbonyl (C=O) groups is 2. The van der Waals surface area contributed by atoms with Crippen LogP contribution in [0.5, 0.6) is 0 Å². The molecule has 2 amide bonds. The van der Waals surface area contributed by atoms with Crippen molar-refractivity contribution in [3.63, 3.8) is 0 Å². The van der Waals surface area contributed by atoms with E-state index in [1.807, 2.05) is 4.90 Å². The van der Waals surface area contributed by atoms with Crippen molar-refractivity contribution in [2.24, 2.45) is 11.8 Å². The summed E-state index contributed by atoms with van der Waals surface area (Å²) in [6, 6.07) is 0. The summed E-state index contributed by atoms with van der Waals surface area (Å²) in [4.78, 5) is 26.3. The van der Waals surface area contributed by atoms with Crippen LogP contribution in [0.25, 0.3) is 0 Å². The van der Waals surface area contributed by atoms with Crippen molar-refractivity contribution in [3.8, 4) is 0 Å². The Bertz CT molecular complexity index is 603. The fraction of sp³-hybridized carbons (Fsp3) is 0.778. The fourth-order valence-electron chi connectivity index (χ4n) is 3.63. The Balaban J connectivity index is 1.38. The highest BCUT2D eigenvalue weighted by molar-refractivity contribution is 5.92. The summed E-state index contributed by atoms with van der Waals surface area (Å²) in [5.74, 6) is 1.08. The zero-order valence-electron chi connectivity index (χ0n) is 15.6. The predicted octanol–water partition coefficient (Wildman–Crippen LogP) is 0.656. The van der Waals surface area contributed by atoms with E-state index >= 15 is 0 Å². The van der Waals surface area contributed by atoms with Crippen LogP contribution in [-0.2, 0) is 11.3 Å². The van der Waals surface area contributed by atoms with E-state index in [0.717, 1.165) is 45.6 Å². The second-order valence-corrected chi connectivity index (χ2v) is 7.61. The summed E-state index contributed by atoms with van der Waals surface area (Å²) in [5, 5.41) is 14.2. The van der Waals surface area contributed by atoms with Gasteiger partial charge >= 0.3 is 0 Å². The zero-order chi connectivity index (χ0) is 18.4. The maximum absolute atomic E-state index is 12.2. The van der Waals surface area contributed by atoms with Crippen LogP contribution >= 0.6 is 0 Å². The van der Waals surface area contributed by atoms with E-state index in [2.05, 4.69) is 27.9 Å². The number of aromatic nitrogens is 3. The Morgan fingerprint density at radius 1 is 1.31 bits per heavy atom. The number of carbonyl (C=O) groups excluding carboxylic acids is 2. The molecule has 0 unspecified atom stereocenters. The van der Waals surface area contributed by atoms with E-state index in [-0.39, 0.29) is 11.8 Å². The minimum absolute atomic E-state index is 0.116. The SMILES string of the molecule is CC1CCN(C(=O)CCNC(=O)c2cn(C[C@@H]3CCCNC3)nn2)CC1. The summed E-state index contributed by atoms with van der Waals surface area (Å²) < 4.78 is 1.74. The maximum atomic E-state index is 12.2. The van der Waals surface area contributed by atoms with E-state index in [9.17, 15) is 9.59 Å². The van der Waals surface area contributed by atoms with Crippen molar-refractivity contribution >= 4 is 11.8 Å². The molecule has 8 nitrogen and oxygen atoms in total. The number of likely N-dealkylation sites (tertiary alicyclic amines) is 1. The number of nitrogens with zero attached hydrogens (tertiary/aromatic N) is 4. The molecule has 2 aliphatic rings. The highest BCUT2D eigenvalue weighted by atomic mass is 16.2. The number of rotatable bonds is 6. The number of hydrogen-bond donors (Lipinski definition) is 2. The topological polar surface area (TPSA) is 92.2 Å². The molecule has 144 valence electrons. The minimum atomic E-state index is -0.266. The van der Waals surface area contributed by atoms with E-state index in [4.69, 9.17) is 0 Å². The van der Waals surface area contributed by atoms with Crippen LogP contribution in [-0.4, -0.2) is 64.4 Å². The van der Waals surface area contributed by atoms with Crippen molar-refractivity contribution < 1.29 is 9.59 Å². The van der Waals surface area contributed by atoms with Crippen molar-refractivity contribution in [3.05, 3.63) is 11.9 Å². The smallest absolute Gasteiger partial charge is 0.273 e. The normalized spacial score (nSPS) is 21.6. The summed E-state index contributed by atoms with van der Waals surface area (Å²) in [6.45, 7) is 7.06. The lowest BCUT2D eigenvalue weighted by molar-refractivity contribution is -0.132.